The number of aliphatic carboxylic acids is 1. The molecule has 0 aliphatic heterocycles. The first kappa shape index (κ1) is 17.3. The van der Waals surface area contributed by atoms with Gasteiger partial charge in [0.05, 0.1) is 24.0 Å². The van der Waals surface area contributed by atoms with Crippen LogP contribution in [0.5, 0.6) is 0 Å². The molecule has 0 aliphatic rings. The van der Waals surface area contributed by atoms with Crippen LogP contribution >= 0.6 is 11.8 Å². The van der Waals surface area contributed by atoms with E-state index in [0.717, 1.165) is 12.2 Å². The van der Waals surface area contributed by atoms with Gasteiger partial charge in [-0.2, -0.15) is 11.8 Å². The minimum absolute atomic E-state index is 0.125. The van der Waals surface area contributed by atoms with Crippen LogP contribution in [0, 0.1) is 0 Å². The van der Waals surface area contributed by atoms with E-state index in [2.05, 4.69) is 10.3 Å². The van der Waals surface area contributed by atoms with Crippen LogP contribution in [-0.2, 0) is 11.2 Å². The van der Waals surface area contributed by atoms with Crippen LogP contribution in [-0.4, -0.2) is 52.1 Å². The normalized spacial score (nSPS) is 11.8. The number of carbonyl (C=O) groups is 2. The van der Waals surface area contributed by atoms with Crippen molar-refractivity contribution >= 4 is 29.4 Å². The van der Waals surface area contributed by atoms with Crippen molar-refractivity contribution in [3.63, 3.8) is 0 Å². The topological polar surface area (TPSA) is 82.5 Å². The van der Waals surface area contributed by atoms with Crippen LogP contribution in [0.3, 0.4) is 0 Å². The van der Waals surface area contributed by atoms with E-state index in [4.69, 9.17) is 5.11 Å². The molecule has 7 heteroatoms. The number of anilines is 1. The van der Waals surface area contributed by atoms with Crippen molar-refractivity contribution in [2.75, 3.05) is 24.4 Å². The van der Waals surface area contributed by atoms with Crippen LogP contribution in [0.1, 0.15) is 19.0 Å². The summed E-state index contributed by atoms with van der Waals surface area (Å²) in [5.41, 5.74) is 1.01. The molecule has 0 radical (unpaired) electrons. The Balaban J connectivity index is 2.55. The van der Waals surface area contributed by atoms with Crippen LogP contribution in [0.4, 0.5) is 10.5 Å². The molecule has 0 saturated heterocycles. The Kier molecular flexibility index (Phi) is 7.01. The lowest BCUT2D eigenvalue weighted by Gasteiger charge is -2.25. The van der Waals surface area contributed by atoms with Gasteiger partial charge in [-0.1, -0.05) is 0 Å². The number of nitrogens with zero attached hydrogens (tertiary/aromatic N) is 2. The van der Waals surface area contributed by atoms with E-state index in [1.54, 1.807) is 35.8 Å². The van der Waals surface area contributed by atoms with Gasteiger partial charge in [-0.3, -0.25) is 9.78 Å². The third-order valence-corrected chi connectivity index (χ3v) is 3.77. The summed E-state index contributed by atoms with van der Waals surface area (Å²) in [7, 11) is 1.76. The van der Waals surface area contributed by atoms with Gasteiger partial charge in [0.15, 0.2) is 0 Å². The summed E-state index contributed by atoms with van der Waals surface area (Å²) in [5, 5.41) is 11.4. The highest BCUT2D eigenvalue weighted by Gasteiger charge is 2.15. The van der Waals surface area contributed by atoms with Gasteiger partial charge in [0.25, 0.3) is 0 Å². The first-order chi connectivity index (χ1) is 9.93. The molecular weight excluding hydrogens is 290 g/mol. The van der Waals surface area contributed by atoms with Crippen molar-refractivity contribution in [1.82, 2.24) is 9.88 Å². The van der Waals surface area contributed by atoms with Crippen LogP contribution < -0.4 is 5.32 Å². The van der Waals surface area contributed by atoms with Crippen molar-refractivity contribution in [2.24, 2.45) is 0 Å². The minimum Gasteiger partial charge on any atom is -0.481 e. The number of amides is 2. The second kappa shape index (κ2) is 8.51. The van der Waals surface area contributed by atoms with Gasteiger partial charge in [0.2, 0.25) is 0 Å². The van der Waals surface area contributed by atoms with Gasteiger partial charge in [-0.05, 0) is 37.5 Å². The van der Waals surface area contributed by atoms with Gasteiger partial charge in [0, 0.05) is 13.1 Å². The second-order valence-corrected chi connectivity index (χ2v) is 5.77. The Labute approximate surface area is 128 Å². The molecule has 0 fully saturated rings. The van der Waals surface area contributed by atoms with Gasteiger partial charge in [-0.15, -0.1) is 0 Å². The lowest BCUT2D eigenvalue weighted by Crippen LogP contribution is -2.38. The maximum atomic E-state index is 12.1. The van der Waals surface area contributed by atoms with E-state index in [9.17, 15) is 9.59 Å². The molecule has 0 spiro atoms. The maximum absolute atomic E-state index is 12.1. The number of hydrogen-bond donors (Lipinski definition) is 2. The second-order valence-electron chi connectivity index (χ2n) is 4.78. The molecule has 0 aliphatic carbocycles. The van der Waals surface area contributed by atoms with E-state index in [-0.39, 0.29) is 18.5 Å². The summed E-state index contributed by atoms with van der Waals surface area (Å²) in [6.07, 6.45) is 4.31. The molecule has 1 rings (SSSR count). The molecule has 6 nitrogen and oxygen atoms in total. The molecule has 1 unspecified atom stereocenters. The predicted molar refractivity (Wildman–Crippen MR) is 84.8 cm³/mol. The number of carbonyl (C=O) groups excluding carboxylic acids is 1. The van der Waals surface area contributed by atoms with E-state index < -0.39 is 5.97 Å². The average molecular weight is 311 g/mol. The fraction of sp³-hybridized carbons (Fsp3) is 0.500. The number of urea groups is 1. The SMILES string of the molecule is CSCCC(C)N(C)C(=O)Nc1ccc(CC(=O)O)nc1. The highest BCUT2D eigenvalue weighted by molar-refractivity contribution is 7.98. The maximum Gasteiger partial charge on any atom is 0.321 e. The number of carboxylic acids is 1. The number of rotatable bonds is 7. The molecule has 1 aromatic heterocycles. The smallest absolute Gasteiger partial charge is 0.321 e. The molecule has 21 heavy (non-hydrogen) atoms. The van der Waals surface area contributed by atoms with Crippen molar-refractivity contribution < 1.29 is 14.7 Å². The lowest BCUT2D eigenvalue weighted by atomic mass is 10.2. The monoisotopic (exact) mass is 311 g/mol. The van der Waals surface area contributed by atoms with E-state index >= 15 is 0 Å². The summed E-state index contributed by atoms with van der Waals surface area (Å²) >= 11 is 1.75. The highest BCUT2D eigenvalue weighted by atomic mass is 32.2. The molecule has 0 bridgehead atoms. The summed E-state index contributed by atoms with van der Waals surface area (Å²) in [4.78, 5) is 28.3. The van der Waals surface area contributed by atoms with Gasteiger partial charge in [0.1, 0.15) is 0 Å². The minimum atomic E-state index is -0.929. The van der Waals surface area contributed by atoms with Crippen molar-refractivity contribution in [3.8, 4) is 0 Å². The molecule has 1 heterocycles. The molecule has 0 aromatic carbocycles. The number of hydrogen-bond acceptors (Lipinski definition) is 4. The van der Waals surface area contributed by atoms with Crippen LogP contribution in [0.15, 0.2) is 18.3 Å². The summed E-state index contributed by atoms with van der Waals surface area (Å²) in [6, 6.07) is 3.21. The van der Waals surface area contributed by atoms with Crippen molar-refractivity contribution in [3.05, 3.63) is 24.0 Å². The average Bonchev–Trinajstić information content (AvgIpc) is 2.45. The zero-order valence-corrected chi connectivity index (χ0v) is 13.3. The van der Waals surface area contributed by atoms with Gasteiger partial charge in [-0.25, -0.2) is 4.79 Å². The number of nitrogens with one attached hydrogen (secondary N) is 1. The Hall–Kier alpha value is -1.76. The molecule has 116 valence electrons. The molecule has 1 atom stereocenters. The third kappa shape index (κ3) is 6.03. The quantitative estimate of drug-likeness (QED) is 0.807. The first-order valence-electron chi connectivity index (χ1n) is 6.63. The standard InChI is InChI=1S/C14H21N3O3S/c1-10(6-7-21-3)17(2)14(20)16-12-5-4-11(15-9-12)8-13(18)19/h4-5,9-10H,6-8H2,1-3H3,(H,16,20)(H,18,19). The summed E-state index contributed by atoms with van der Waals surface area (Å²) in [6.45, 7) is 2.00. The fourth-order valence-electron chi connectivity index (χ4n) is 1.65. The molecule has 2 N–H and O–H groups in total. The lowest BCUT2D eigenvalue weighted by molar-refractivity contribution is -0.136. The first-order valence-corrected chi connectivity index (χ1v) is 8.03. The third-order valence-electron chi connectivity index (χ3n) is 3.13. The summed E-state index contributed by atoms with van der Waals surface area (Å²) in [5.74, 6) is 0.0752. The molecular formula is C14H21N3O3S. The van der Waals surface area contributed by atoms with E-state index in [0.29, 0.717) is 11.4 Å². The van der Waals surface area contributed by atoms with E-state index in [1.165, 1.54) is 6.20 Å². The van der Waals surface area contributed by atoms with Crippen molar-refractivity contribution in [2.45, 2.75) is 25.8 Å². The molecule has 0 saturated carbocycles. The zero-order chi connectivity index (χ0) is 15.8. The Morgan fingerprint density at radius 1 is 1.48 bits per heavy atom. The van der Waals surface area contributed by atoms with Crippen molar-refractivity contribution in [1.29, 1.82) is 0 Å². The van der Waals surface area contributed by atoms with Crippen LogP contribution in [0.2, 0.25) is 0 Å². The van der Waals surface area contributed by atoms with E-state index in [1.807, 2.05) is 13.2 Å². The molecule has 1 aromatic rings. The number of thioether (sulfide) groups is 1. The highest BCUT2D eigenvalue weighted by Crippen LogP contribution is 2.11. The number of pyridine rings is 1. The predicted octanol–water partition coefficient (Wildman–Crippen LogP) is 2.31. The zero-order valence-electron chi connectivity index (χ0n) is 12.5. The summed E-state index contributed by atoms with van der Waals surface area (Å²) < 4.78 is 0. The number of carboxylic acid groups (broad SMARTS) is 1. The molecule has 2 amide bonds. The Morgan fingerprint density at radius 2 is 2.19 bits per heavy atom. The Morgan fingerprint density at radius 3 is 2.71 bits per heavy atom. The van der Waals surface area contributed by atoms with Gasteiger partial charge < -0.3 is 15.3 Å². The largest absolute Gasteiger partial charge is 0.481 e. The Bertz CT molecular complexity index is 479. The fourth-order valence-corrected chi connectivity index (χ4v) is 2.23. The number of aromatic nitrogens is 1. The van der Waals surface area contributed by atoms with Gasteiger partial charge >= 0.3 is 12.0 Å². The van der Waals surface area contributed by atoms with Crippen LogP contribution in [0.25, 0.3) is 0 Å².